The van der Waals surface area contributed by atoms with E-state index in [4.69, 9.17) is 9.31 Å². The van der Waals surface area contributed by atoms with Crippen LogP contribution in [0.25, 0.3) is 0 Å². The van der Waals surface area contributed by atoms with Crippen LogP contribution in [0.4, 0.5) is 13.2 Å². The van der Waals surface area contributed by atoms with E-state index in [0.29, 0.717) is 5.46 Å². The number of hydrogen-bond acceptors (Lipinski definition) is 3. The van der Waals surface area contributed by atoms with Crippen molar-refractivity contribution in [3.63, 3.8) is 0 Å². The third-order valence-corrected chi connectivity index (χ3v) is 4.85. The lowest BCUT2D eigenvalue weighted by Crippen LogP contribution is -2.41. The van der Waals surface area contributed by atoms with Gasteiger partial charge in [0.1, 0.15) is 0 Å². The van der Waals surface area contributed by atoms with Gasteiger partial charge in [-0.2, -0.15) is 13.2 Å². The maximum Gasteiger partial charge on any atom is 0.494 e. The molecule has 7 heteroatoms. The standard InChI is InChI=1S/C14H18BF3O2S/c1-12(2)13(3,4)20-15(19-12)9-6-7-11(21-5)10(8-9)14(16,17)18/h6-8H,1-5H3. The van der Waals surface area contributed by atoms with Crippen LogP contribution in [0.5, 0.6) is 0 Å². The molecular weight excluding hydrogens is 300 g/mol. The fourth-order valence-electron chi connectivity index (χ4n) is 2.07. The second kappa shape index (κ2) is 5.21. The monoisotopic (exact) mass is 318 g/mol. The molecular formula is C14H18BF3O2S. The van der Waals surface area contributed by atoms with Crippen LogP contribution in [0.2, 0.25) is 0 Å². The van der Waals surface area contributed by atoms with Gasteiger partial charge in [-0.15, -0.1) is 11.8 Å². The molecule has 0 aliphatic carbocycles. The summed E-state index contributed by atoms with van der Waals surface area (Å²) >= 11 is 1.07. The largest absolute Gasteiger partial charge is 0.494 e. The molecule has 0 unspecified atom stereocenters. The van der Waals surface area contributed by atoms with Crippen molar-refractivity contribution in [1.82, 2.24) is 0 Å². The zero-order valence-electron chi connectivity index (χ0n) is 12.7. The molecule has 2 nitrogen and oxygen atoms in total. The van der Waals surface area contributed by atoms with Gasteiger partial charge < -0.3 is 9.31 Å². The second-order valence-electron chi connectivity index (χ2n) is 6.05. The molecule has 1 aliphatic rings. The van der Waals surface area contributed by atoms with E-state index >= 15 is 0 Å². The Morgan fingerprint density at radius 1 is 1.05 bits per heavy atom. The first-order valence-electron chi connectivity index (χ1n) is 6.59. The van der Waals surface area contributed by atoms with Gasteiger partial charge in [0.25, 0.3) is 0 Å². The van der Waals surface area contributed by atoms with E-state index in [1.54, 1.807) is 12.3 Å². The van der Waals surface area contributed by atoms with Crippen molar-refractivity contribution in [1.29, 1.82) is 0 Å². The molecule has 1 heterocycles. The maximum absolute atomic E-state index is 13.1. The van der Waals surface area contributed by atoms with Gasteiger partial charge in [-0.05, 0) is 51.5 Å². The summed E-state index contributed by atoms with van der Waals surface area (Å²) < 4.78 is 50.9. The lowest BCUT2D eigenvalue weighted by Gasteiger charge is -2.32. The topological polar surface area (TPSA) is 18.5 Å². The quantitative estimate of drug-likeness (QED) is 0.611. The van der Waals surface area contributed by atoms with Crippen molar-refractivity contribution < 1.29 is 22.5 Å². The van der Waals surface area contributed by atoms with E-state index in [9.17, 15) is 13.2 Å². The molecule has 0 saturated carbocycles. The Kier molecular flexibility index (Phi) is 4.15. The molecule has 116 valence electrons. The highest BCUT2D eigenvalue weighted by Gasteiger charge is 2.52. The van der Waals surface area contributed by atoms with E-state index in [1.807, 2.05) is 27.7 Å². The number of alkyl halides is 3. The highest BCUT2D eigenvalue weighted by atomic mass is 32.2. The molecule has 0 atom stereocenters. The van der Waals surface area contributed by atoms with E-state index in [1.165, 1.54) is 6.07 Å². The van der Waals surface area contributed by atoms with Crippen LogP contribution in [0.1, 0.15) is 33.3 Å². The summed E-state index contributed by atoms with van der Waals surface area (Å²) in [4.78, 5) is 0.197. The number of hydrogen-bond donors (Lipinski definition) is 0. The van der Waals surface area contributed by atoms with Crippen LogP contribution in [0.3, 0.4) is 0 Å². The van der Waals surface area contributed by atoms with Gasteiger partial charge in [-0.1, -0.05) is 6.07 Å². The van der Waals surface area contributed by atoms with Crippen molar-refractivity contribution in [3.05, 3.63) is 23.8 Å². The SMILES string of the molecule is CSc1ccc(B2OC(C)(C)C(C)(C)O2)cc1C(F)(F)F. The Bertz CT molecular complexity index is 528. The summed E-state index contributed by atoms with van der Waals surface area (Å²) in [7, 11) is -0.785. The molecule has 1 aromatic rings. The van der Waals surface area contributed by atoms with Gasteiger partial charge in [-0.25, -0.2) is 0 Å². The Balaban J connectivity index is 2.39. The number of halogens is 3. The second-order valence-corrected chi connectivity index (χ2v) is 6.89. The number of thioether (sulfide) groups is 1. The van der Waals surface area contributed by atoms with Gasteiger partial charge in [0.15, 0.2) is 0 Å². The third kappa shape index (κ3) is 3.10. The van der Waals surface area contributed by atoms with Gasteiger partial charge in [0, 0.05) is 4.90 Å². The van der Waals surface area contributed by atoms with E-state index in [2.05, 4.69) is 0 Å². The van der Waals surface area contributed by atoms with Crippen LogP contribution >= 0.6 is 11.8 Å². The summed E-state index contributed by atoms with van der Waals surface area (Å²) in [6.45, 7) is 7.48. The zero-order valence-corrected chi connectivity index (χ0v) is 13.5. The van der Waals surface area contributed by atoms with Crippen molar-refractivity contribution in [3.8, 4) is 0 Å². The predicted molar refractivity (Wildman–Crippen MR) is 78.9 cm³/mol. The molecule has 1 aromatic carbocycles. The van der Waals surface area contributed by atoms with E-state index < -0.39 is 30.1 Å². The zero-order chi connectivity index (χ0) is 16.1. The summed E-state index contributed by atoms with van der Waals surface area (Å²) in [6.07, 6.45) is -2.77. The lowest BCUT2D eigenvalue weighted by molar-refractivity contribution is -0.139. The molecule has 1 saturated heterocycles. The fraction of sp³-hybridized carbons (Fsp3) is 0.571. The third-order valence-electron chi connectivity index (χ3n) is 4.05. The molecule has 0 bridgehead atoms. The predicted octanol–water partition coefficient (Wildman–Crippen LogP) is 3.73. The first kappa shape index (κ1) is 16.7. The average Bonchev–Trinajstić information content (AvgIpc) is 2.56. The minimum absolute atomic E-state index is 0.197. The summed E-state index contributed by atoms with van der Waals surface area (Å²) in [6, 6.07) is 4.21. The molecule has 0 N–H and O–H groups in total. The Labute approximate surface area is 127 Å². The molecule has 0 amide bonds. The van der Waals surface area contributed by atoms with Crippen molar-refractivity contribution in [2.75, 3.05) is 6.26 Å². The highest BCUT2D eigenvalue weighted by Crippen LogP contribution is 2.38. The minimum atomic E-state index is -4.39. The van der Waals surface area contributed by atoms with Crippen LogP contribution in [0, 0.1) is 0 Å². The van der Waals surface area contributed by atoms with Crippen molar-refractivity contribution >= 4 is 24.3 Å². The van der Waals surface area contributed by atoms with E-state index in [-0.39, 0.29) is 4.90 Å². The molecule has 0 radical (unpaired) electrons. The smallest absolute Gasteiger partial charge is 0.399 e. The maximum atomic E-state index is 13.1. The number of rotatable bonds is 2. The lowest BCUT2D eigenvalue weighted by atomic mass is 9.78. The van der Waals surface area contributed by atoms with Gasteiger partial charge in [0.2, 0.25) is 0 Å². The molecule has 1 fully saturated rings. The van der Waals surface area contributed by atoms with Crippen molar-refractivity contribution in [2.45, 2.75) is 50.0 Å². The van der Waals surface area contributed by atoms with Crippen LogP contribution in [0.15, 0.2) is 23.1 Å². The average molecular weight is 318 g/mol. The molecule has 1 aliphatic heterocycles. The summed E-state index contributed by atoms with van der Waals surface area (Å²) in [5.41, 5.74) is -1.41. The first-order valence-corrected chi connectivity index (χ1v) is 7.81. The van der Waals surface area contributed by atoms with Gasteiger partial charge in [0.05, 0.1) is 16.8 Å². The minimum Gasteiger partial charge on any atom is -0.399 e. The normalized spacial score (nSPS) is 20.9. The number of benzene rings is 1. The molecule has 2 rings (SSSR count). The van der Waals surface area contributed by atoms with Gasteiger partial charge in [-0.3, -0.25) is 0 Å². The van der Waals surface area contributed by atoms with Crippen LogP contribution in [-0.2, 0) is 15.5 Å². The van der Waals surface area contributed by atoms with E-state index in [0.717, 1.165) is 17.8 Å². The molecule has 0 spiro atoms. The van der Waals surface area contributed by atoms with Gasteiger partial charge >= 0.3 is 13.3 Å². The first-order chi connectivity index (χ1) is 9.48. The Hall–Kier alpha value is -0.655. The van der Waals surface area contributed by atoms with Crippen LogP contribution in [-0.4, -0.2) is 24.6 Å². The Morgan fingerprint density at radius 2 is 1.57 bits per heavy atom. The highest BCUT2D eigenvalue weighted by molar-refractivity contribution is 7.98. The molecule has 21 heavy (non-hydrogen) atoms. The summed E-state index contributed by atoms with van der Waals surface area (Å²) in [5, 5.41) is 0. The Morgan fingerprint density at radius 3 is 2.00 bits per heavy atom. The fourth-order valence-corrected chi connectivity index (χ4v) is 2.67. The van der Waals surface area contributed by atoms with Crippen molar-refractivity contribution in [2.24, 2.45) is 0 Å². The molecule has 0 aromatic heterocycles. The summed E-state index contributed by atoms with van der Waals surface area (Å²) in [5.74, 6) is 0. The van der Waals surface area contributed by atoms with Crippen LogP contribution < -0.4 is 5.46 Å².